The van der Waals surface area contributed by atoms with E-state index in [0.29, 0.717) is 11.5 Å². The predicted octanol–water partition coefficient (Wildman–Crippen LogP) is 3.22. The number of hydrogen-bond donors (Lipinski definition) is 1. The second-order valence-electron chi connectivity index (χ2n) is 7.80. The number of fused-ring (bicyclic) bond motifs is 2. The van der Waals surface area contributed by atoms with Gasteiger partial charge in [0, 0.05) is 24.0 Å². The lowest BCUT2D eigenvalue weighted by atomic mass is 9.84. The fourth-order valence-electron chi connectivity index (χ4n) is 5.01. The lowest BCUT2D eigenvalue weighted by Crippen LogP contribution is -2.42. The largest absolute Gasteiger partial charge is 0.452 e. The molecular formula is C20H30N2O3. The van der Waals surface area contributed by atoms with Gasteiger partial charge in [-0.25, -0.2) is 4.79 Å². The first-order valence-electron chi connectivity index (χ1n) is 9.53. The molecule has 0 unspecified atom stereocenters. The van der Waals surface area contributed by atoms with Crippen LogP contribution in [0, 0.1) is 31.6 Å². The van der Waals surface area contributed by atoms with Crippen LogP contribution in [0.4, 0.5) is 0 Å². The second kappa shape index (κ2) is 7.22. The summed E-state index contributed by atoms with van der Waals surface area (Å²) >= 11 is 0. The molecule has 0 radical (unpaired) electrons. The average molecular weight is 346 g/mol. The Morgan fingerprint density at radius 3 is 2.64 bits per heavy atom. The number of nitrogens with zero attached hydrogens (tertiary/aromatic N) is 1. The smallest absolute Gasteiger partial charge is 0.340 e. The Labute approximate surface area is 150 Å². The third kappa shape index (κ3) is 3.60. The van der Waals surface area contributed by atoms with Crippen LogP contribution in [0.5, 0.6) is 0 Å². The van der Waals surface area contributed by atoms with Crippen LogP contribution in [0.3, 0.4) is 0 Å². The highest BCUT2D eigenvalue weighted by atomic mass is 16.5. The van der Waals surface area contributed by atoms with E-state index in [0.717, 1.165) is 29.8 Å². The molecule has 0 spiro atoms. The Morgan fingerprint density at radius 2 is 2.08 bits per heavy atom. The molecular weight excluding hydrogens is 316 g/mol. The molecule has 0 aromatic carbocycles. The number of aryl methyl sites for hydroxylation is 1. The third-order valence-electron chi connectivity index (χ3n) is 6.27. The van der Waals surface area contributed by atoms with E-state index in [-0.39, 0.29) is 18.6 Å². The van der Waals surface area contributed by atoms with Gasteiger partial charge in [0.15, 0.2) is 6.61 Å². The molecule has 0 saturated heterocycles. The minimum absolute atomic E-state index is 0.159. The van der Waals surface area contributed by atoms with Crippen molar-refractivity contribution in [2.45, 2.75) is 66.0 Å². The van der Waals surface area contributed by atoms with Crippen LogP contribution in [-0.2, 0) is 16.1 Å². The van der Waals surface area contributed by atoms with Gasteiger partial charge in [-0.2, -0.15) is 0 Å². The highest BCUT2D eigenvalue weighted by Crippen LogP contribution is 2.49. The Kier molecular flexibility index (Phi) is 5.21. The van der Waals surface area contributed by atoms with Gasteiger partial charge in [-0.1, -0.05) is 6.42 Å². The average Bonchev–Trinajstić information content (AvgIpc) is 3.27. The van der Waals surface area contributed by atoms with Crippen molar-refractivity contribution in [2.24, 2.45) is 17.8 Å². The van der Waals surface area contributed by atoms with Crippen molar-refractivity contribution in [3.63, 3.8) is 0 Å². The summed E-state index contributed by atoms with van der Waals surface area (Å²) in [5, 5.41) is 3.03. The van der Waals surface area contributed by atoms with Gasteiger partial charge in [0.05, 0.1) is 5.56 Å². The number of rotatable bonds is 6. The van der Waals surface area contributed by atoms with E-state index in [4.69, 9.17) is 4.74 Å². The Bertz CT molecular complexity index is 664. The summed E-state index contributed by atoms with van der Waals surface area (Å²) in [7, 11) is 0. The summed E-state index contributed by atoms with van der Waals surface area (Å²) in [5.41, 5.74) is 2.47. The van der Waals surface area contributed by atoms with Crippen molar-refractivity contribution < 1.29 is 14.3 Å². The summed E-state index contributed by atoms with van der Waals surface area (Å²) in [5.74, 6) is 1.59. The fraction of sp³-hybridized carbons (Fsp3) is 0.700. The van der Waals surface area contributed by atoms with Gasteiger partial charge in [-0.15, -0.1) is 0 Å². The lowest BCUT2D eigenvalue weighted by molar-refractivity contribution is -0.125. The van der Waals surface area contributed by atoms with Crippen molar-refractivity contribution in [2.75, 3.05) is 6.61 Å². The van der Waals surface area contributed by atoms with Crippen molar-refractivity contribution in [1.82, 2.24) is 9.88 Å². The van der Waals surface area contributed by atoms with Crippen LogP contribution < -0.4 is 5.32 Å². The molecule has 2 fully saturated rings. The van der Waals surface area contributed by atoms with Crippen molar-refractivity contribution in [3.05, 3.63) is 23.0 Å². The number of amides is 1. The molecule has 5 heteroatoms. The van der Waals surface area contributed by atoms with Gasteiger partial charge < -0.3 is 14.6 Å². The zero-order valence-electron chi connectivity index (χ0n) is 15.8. The number of aromatic nitrogens is 1. The van der Waals surface area contributed by atoms with Crippen LogP contribution >= 0.6 is 0 Å². The summed E-state index contributed by atoms with van der Waals surface area (Å²) in [6.07, 6.45) is 5.22. The zero-order chi connectivity index (χ0) is 18.1. The summed E-state index contributed by atoms with van der Waals surface area (Å²) in [6, 6.07) is 1.99. The highest BCUT2D eigenvalue weighted by molar-refractivity contribution is 5.92. The maximum absolute atomic E-state index is 12.3. The second-order valence-corrected chi connectivity index (χ2v) is 7.80. The van der Waals surface area contributed by atoms with Gasteiger partial charge in [0.1, 0.15) is 0 Å². The standard InChI is InChI=1S/C20H30N2O3/c1-5-22-12(2)8-18(14(22)4)20(24)25-11-19(23)21-13(3)17-10-15-6-7-16(17)9-15/h8,13,15-17H,5-7,9-11H2,1-4H3,(H,21,23)/t13-,15-,16-,17+/m0/s1. The van der Waals surface area contributed by atoms with E-state index in [9.17, 15) is 9.59 Å². The van der Waals surface area contributed by atoms with Gasteiger partial charge in [-0.3, -0.25) is 4.79 Å². The van der Waals surface area contributed by atoms with Gasteiger partial charge in [0.25, 0.3) is 5.91 Å². The topological polar surface area (TPSA) is 60.3 Å². The molecule has 1 heterocycles. The molecule has 1 aromatic rings. The molecule has 1 N–H and O–H groups in total. The number of nitrogens with one attached hydrogen (secondary N) is 1. The summed E-state index contributed by atoms with van der Waals surface area (Å²) in [6.45, 7) is 8.60. The van der Waals surface area contributed by atoms with Crippen molar-refractivity contribution in [3.8, 4) is 0 Å². The maximum atomic E-state index is 12.3. The van der Waals surface area contributed by atoms with E-state index in [1.54, 1.807) is 0 Å². The van der Waals surface area contributed by atoms with Crippen molar-refractivity contribution >= 4 is 11.9 Å². The number of hydrogen-bond acceptors (Lipinski definition) is 3. The van der Waals surface area contributed by atoms with Crippen LogP contribution in [0.2, 0.25) is 0 Å². The highest BCUT2D eigenvalue weighted by Gasteiger charge is 2.42. The normalized spacial score (nSPS) is 25.8. The maximum Gasteiger partial charge on any atom is 0.340 e. The molecule has 1 amide bonds. The van der Waals surface area contributed by atoms with E-state index < -0.39 is 5.97 Å². The monoisotopic (exact) mass is 346 g/mol. The molecule has 0 aliphatic heterocycles. The third-order valence-corrected chi connectivity index (χ3v) is 6.27. The molecule has 25 heavy (non-hydrogen) atoms. The molecule has 3 rings (SSSR count). The number of carbonyl (C=O) groups excluding carboxylic acids is 2. The molecule has 4 atom stereocenters. The van der Waals surface area contributed by atoms with E-state index >= 15 is 0 Å². The van der Waals surface area contributed by atoms with Gasteiger partial charge in [-0.05, 0) is 70.8 Å². The van der Waals surface area contributed by atoms with E-state index in [1.807, 2.05) is 26.8 Å². The Morgan fingerprint density at radius 1 is 1.32 bits per heavy atom. The van der Waals surface area contributed by atoms with Gasteiger partial charge >= 0.3 is 5.97 Å². The van der Waals surface area contributed by atoms with Crippen LogP contribution in [0.1, 0.15) is 61.3 Å². The number of ether oxygens (including phenoxy) is 1. The van der Waals surface area contributed by atoms with Gasteiger partial charge in [0.2, 0.25) is 0 Å². The first-order valence-corrected chi connectivity index (χ1v) is 9.53. The van der Waals surface area contributed by atoms with E-state index in [2.05, 4.69) is 16.8 Å². The number of carbonyl (C=O) groups is 2. The van der Waals surface area contributed by atoms with E-state index in [1.165, 1.54) is 25.7 Å². The predicted molar refractivity (Wildman–Crippen MR) is 96.4 cm³/mol. The number of esters is 1. The molecule has 2 bridgehead atoms. The molecule has 5 nitrogen and oxygen atoms in total. The Balaban J connectivity index is 1.49. The molecule has 2 saturated carbocycles. The first-order chi connectivity index (χ1) is 11.9. The summed E-state index contributed by atoms with van der Waals surface area (Å²) in [4.78, 5) is 24.5. The summed E-state index contributed by atoms with van der Waals surface area (Å²) < 4.78 is 7.31. The molecule has 1 aromatic heterocycles. The SMILES string of the molecule is CCn1c(C)cc(C(=O)OCC(=O)N[C@@H](C)[C@H]2C[C@H]3CC[C@H]2C3)c1C. The first kappa shape index (κ1) is 18.0. The Hall–Kier alpha value is -1.78. The zero-order valence-corrected chi connectivity index (χ0v) is 15.8. The lowest BCUT2D eigenvalue weighted by Gasteiger charge is -2.28. The minimum atomic E-state index is -0.421. The van der Waals surface area contributed by atoms with Crippen LogP contribution in [-0.4, -0.2) is 29.1 Å². The fourth-order valence-corrected chi connectivity index (χ4v) is 5.01. The molecule has 2 aliphatic rings. The van der Waals surface area contributed by atoms with Crippen LogP contribution in [0.15, 0.2) is 6.07 Å². The molecule has 138 valence electrons. The quantitative estimate of drug-likeness (QED) is 0.805. The van der Waals surface area contributed by atoms with Crippen molar-refractivity contribution in [1.29, 1.82) is 0 Å². The van der Waals surface area contributed by atoms with Crippen LogP contribution in [0.25, 0.3) is 0 Å². The molecule has 2 aliphatic carbocycles. The minimum Gasteiger partial charge on any atom is -0.452 e.